The Morgan fingerprint density at radius 1 is 1.29 bits per heavy atom. The smallest absolute Gasteiger partial charge is 0.316 e. The monoisotopic (exact) mass is 341 g/mol. The van der Waals surface area contributed by atoms with Crippen molar-refractivity contribution in [2.75, 3.05) is 18.0 Å². The predicted octanol–water partition coefficient (Wildman–Crippen LogP) is 2.22. The van der Waals surface area contributed by atoms with Crippen molar-refractivity contribution in [1.29, 1.82) is 0 Å². The summed E-state index contributed by atoms with van der Waals surface area (Å²) in [5.74, 6) is -0.417. The number of aliphatic carboxylic acids is 1. The lowest BCUT2D eigenvalue weighted by Gasteiger charge is -2.25. The molecule has 6 nitrogen and oxygen atoms in total. The Morgan fingerprint density at radius 3 is 2.83 bits per heavy atom. The summed E-state index contributed by atoms with van der Waals surface area (Å²) in [5, 5.41) is 11.7. The van der Waals surface area contributed by atoms with Crippen LogP contribution in [0, 0.1) is 0 Å². The van der Waals surface area contributed by atoms with Crippen LogP contribution in [0.3, 0.4) is 0 Å². The summed E-state index contributed by atoms with van der Waals surface area (Å²) in [5.41, 5.74) is 0.256. The first-order valence-corrected chi connectivity index (χ1v) is 8.49. The van der Waals surface area contributed by atoms with Crippen LogP contribution in [0.5, 0.6) is 0 Å². The molecule has 0 aliphatic carbocycles. The fraction of sp³-hybridized carbons (Fsp3) is 0.235. The van der Waals surface area contributed by atoms with Crippen LogP contribution < -0.4 is 10.5 Å². The van der Waals surface area contributed by atoms with Gasteiger partial charge in [-0.05, 0) is 23.4 Å². The Bertz CT molecular complexity index is 966. The number of carbonyl (C=O) groups is 1. The first-order chi connectivity index (χ1) is 11.6. The van der Waals surface area contributed by atoms with Crippen molar-refractivity contribution in [3.63, 3.8) is 0 Å². The molecule has 7 heteroatoms. The minimum absolute atomic E-state index is 0.183. The van der Waals surface area contributed by atoms with E-state index in [4.69, 9.17) is 0 Å². The van der Waals surface area contributed by atoms with Crippen LogP contribution in [0.25, 0.3) is 10.2 Å². The Kier molecular flexibility index (Phi) is 3.38. The summed E-state index contributed by atoms with van der Waals surface area (Å²) in [6, 6.07) is 11.1. The summed E-state index contributed by atoms with van der Waals surface area (Å²) < 4.78 is 0.588. The predicted molar refractivity (Wildman–Crippen MR) is 92.8 cm³/mol. The molecule has 0 amide bonds. The van der Waals surface area contributed by atoms with Gasteiger partial charge in [0.2, 0.25) is 5.95 Å². The molecule has 1 atom stereocenters. The summed E-state index contributed by atoms with van der Waals surface area (Å²) in [6.07, 6.45) is 0.470. The number of nitrogens with zero attached hydrogens (tertiary/aromatic N) is 2. The third-order valence-electron chi connectivity index (χ3n) is 4.61. The molecule has 0 saturated carbocycles. The van der Waals surface area contributed by atoms with E-state index in [1.54, 1.807) is 6.07 Å². The molecule has 0 spiro atoms. The van der Waals surface area contributed by atoms with Crippen molar-refractivity contribution in [2.24, 2.45) is 0 Å². The second-order valence-electron chi connectivity index (χ2n) is 5.95. The number of carboxylic acids is 1. The number of thiophene rings is 1. The normalized spacial score (nSPS) is 20.6. The van der Waals surface area contributed by atoms with Gasteiger partial charge >= 0.3 is 5.97 Å². The summed E-state index contributed by atoms with van der Waals surface area (Å²) in [7, 11) is 0. The van der Waals surface area contributed by atoms with E-state index < -0.39 is 11.4 Å². The first-order valence-electron chi connectivity index (χ1n) is 7.61. The number of carboxylic acid groups (broad SMARTS) is 1. The van der Waals surface area contributed by atoms with E-state index in [1.807, 2.05) is 40.6 Å². The zero-order valence-corrected chi connectivity index (χ0v) is 13.5. The molecule has 3 aromatic rings. The standard InChI is InChI=1S/C17H15N3O3S/c21-14-13-12(6-9-24-13)18-16(19-14)20-8-7-17(10-20,15(22)23)11-4-2-1-3-5-11/h1-6,9H,7-8,10H2,(H,22,23)(H,18,19,21). The molecule has 1 saturated heterocycles. The first kappa shape index (κ1) is 14.9. The van der Waals surface area contributed by atoms with Crippen LogP contribution in [0.1, 0.15) is 12.0 Å². The largest absolute Gasteiger partial charge is 0.481 e. The molecular weight excluding hydrogens is 326 g/mol. The van der Waals surface area contributed by atoms with Gasteiger partial charge in [0, 0.05) is 13.1 Å². The maximum absolute atomic E-state index is 12.2. The Hall–Kier alpha value is -2.67. The molecule has 3 heterocycles. The van der Waals surface area contributed by atoms with Crippen molar-refractivity contribution in [3.05, 3.63) is 57.7 Å². The number of hydrogen-bond acceptors (Lipinski definition) is 5. The van der Waals surface area contributed by atoms with Gasteiger partial charge in [-0.25, -0.2) is 4.98 Å². The molecule has 24 heavy (non-hydrogen) atoms. The number of benzene rings is 1. The second kappa shape index (κ2) is 5.45. The SMILES string of the molecule is O=C(O)C1(c2ccccc2)CCN(c2nc3ccsc3c(=O)[nH]2)C1. The molecule has 4 rings (SSSR count). The van der Waals surface area contributed by atoms with Gasteiger partial charge < -0.3 is 10.0 Å². The van der Waals surface area contributed by atoms with Crippen LogP contribution >= 0.6 is 11.3 Å². The summed E-state index contributed by atoms with van der Waals surface area (Å²) >= 11 is 1.35. The lowest BCUT2D eigenvalue weighted by molar-refractivity contribution is -0.143. The molecule has 1 aliphatic heterocycles. The fourth-order valence-electron chi connectivity index (χ4n) is 3.29. The summed E-state index contributed by atoms with van der Waals surface area (Å²) in [4.78, 5) is 33.3. The van der Waals surface area contributed by atoms with Gasteiger partial charge in [0.25, 0.3) is 5.56 Å². The number of anilines is 1. The molecule has 0 radical (unpaired) electrons. The highest BCUT2D eigenvalue weighted by Gasteiger charge is 2.47. The highest BCUT2D eigenvalue weighted by atomic mass is 32.1. The Morgan fingerprint density at radius 2 is 2.08 bits per heavy atom. The van der Waals surface area contributed by atoms with Crippen LogP contribution in [0.2, 0.25) is 0 Å². The van der Waals surface area contributed by atoms with Gasteiger partial charge in [-0.1, -0.05) is 30.3 Å². The van der Waals surface area contributed by atoms with Gasteiger partial charge in [-0.15, -0.1) is 11.3 Å². The van der Waals surface area contributed by atoms with E-state index in [0.717, 1.165) is 5.56 Å². The number of aromatic nitrogens is 2. The number of rotatable bonds is 3. The van der Waals surface area contributed by atoms with Crippen molar-refractivity contribution in [3.8, 4) is 0 Å². The van der Waals surface area contributed by atoms with Crippen molar-refractivity contribution in [1.82, 2.24) is 9.97 Å². The molecule has 1 fully saturated rings. The van der Waals surface area contributed by atoms with E-state index in [0.29, 0.717) is 29.1 Å². The van der Waals surface area contributed by atoms with Gasteiger partial charge in [0.15, 0.2) is 0 Å². The quantitative estimate of drug-likeness (QED) is 0.763. The number of hydrogen-bond donors (Lipinski definition) is 2. The zero-order chi connectivity index (χ0) is 16.7. The summed E-state index contributed by atoms with van der Waals surface area (Å²) in [6.45, 7) is 0.810. The van der Waals surface area contributed by atoms with E-state index in [-0.39, 0.29) is 12.1 Å². The topological polar surface area (TPSA) is 86.3 Å². The minimum Gasteiger partial charge on any atom is -0.481 e. The van der Waals surface area contributed by atoms with E-state index in [1.165, 1.54) is 11.3 Å². The molecule has 0 bridgehead atoms. The molecule has 122 valence electrons. The maximum Gasteiger partial charge on any atom is 0.316 e. The number of nitrogens with one attached hydrogen (secondary N) is 1. The average Bonchev–Trinajstić information content (AvgIpc) is 3.23. The molecule has 1 unspecified atom stereocenters. The van der Waals surface area contributed by atoms with Gasteiger partial charge in [-0.2, -0.15) is 0 Å². The highest BCUT2D eigenvalue weighted by molar-refractivity contribution is 7.17. The van der Waals surface area contributed by atoms with Gasteiger partial charge in [0.1, 0.15) is 10.1 Å². The number of fused-ring (bicyclic) bond motifs is 1. The van der Waals surface area contributed by atoms with Crippen LogP contribution in [-0.2, 0) is 10.2 Å². The molecule has 2 N–H and O–H groups in total. The van der Waals surface area contributed by atoms with Crippen LogP contribution in [-0.4, -0.2) is 34.1 Å². The second-order valence-corrected chi connectivity index (χ2v) is 6.87. The Balaban J connectivity index is 1.74. The lowest BCUT2D eigenvalue weighted by Crippen LogP contribution is -2.39. The average molecular weight is 341 g/mol. The van der Waals surface area contributed by atoms with Crippen molar-refractivity contribution in [2.45, 2.75) is 11.8 Å². The molecule has 1 aromatic carbocycles. The molecular formula is C17H15N3O3S. The van der Waals surface area contributed by atoms with Crippen LogP contribution in [0.15, 0.2) is 46.6 Å². The van der Waals surface area contributed by atoms with E-state index in [2.05, 4.69) is 9.97 Å². The minimum atomic E-state index is -0.983. The van der Waals surface area contributed by atoms with E-state index in [9.17, 15) is 14.7 Å². The maximum atomic E-state index is 12.2. The third kappa shape index (κ3) is 2.20. The molecule has 2 aromatic heterocycles. The number of aromatic amines is 1. The van der Waals surface area contributed by atoms with E-state index >= 15 is 0 Å². The number of H-pyrrole nitrogens is 1. The Labute approximate surface area is 141 Å². The van der Waals surface area contributed by atoms with Crippen molar-refractivity contribution >= 4 is 33.5 Å². The van der Waals surface area contributed by atoms with Crippen LogP contribution in [0.4, 0.5) is 5.95 Å². The lowest BCUT2D eigenvalue weighted by atomic mass is 9.80. The fourth-order valence-corrected chi connectivity index (χ4v) is 4.02. The van der Waals surface area contributed by atoms with Gasteiger partial charge in [0.05, 0.1) is 5.52 Å². The van der Waals surface area contributed by atoms with Gasteiger partial charge in [-0.3, -0.25) is 14.6 Å². The molecule has 1 aliphatic rings. The zero-order valence-electron chi connectivity index (χ0n) is 12.7. The third-order valence-corrected chi connectivity index (χ3v) is 5.51. The van der Waals surface area contributed by atoms with Crippen molar-refractivity contribution < 1.29 is 9.90 Å². The highest BCUT2D eigenvalue weighted by Crippen LogP contribution is 2.36.